The topological polar surface area (TPSA) is 20.2 Å². The molecule has 2 rings (SSSR count). The van der Waals surface area contributed by atoms with E-state index in [9.17, 15) is 13.9 Å². The Balaban J connectivity index is 2.12. The second kappa shape index (κ2) is 6.17. The average Bonchev–Trinajstić information content (AvgIpc) is 2.43. The summed E-state index contributed by atoms with van der Waals surface area (Å²) in [5.74, 6) is -1.69. The van der Waals surface area contributed by atoms with E-state index < -0.39 is 17.7 Å². The zero-order chi connectivity index (χ0) is 13.8. The molecule has 0 aliphatic rings. The van der Waals surface area contributed by atoms with E-state index in [1.54, 1.807) is 0 Å². The molecule has 100 valence electrons. The van der Waals surface area contributed by atoms with Crippen LogP contribution in [-0.2, 0) is 0 Å². The molecule has 1 atom stereocenters. The van der Waals surface area contributed by atoms with E-state index in [-0.39, 0.29) is 0 Å². The molecule has 19 heavy (non-hydrogen) atoms. The molecular formula is C15H14F2OS. The van der Waals surface area contributed by atoms with Crippen molar-refractivity contribution in [1.29, 1.82) is 0 Å². The van der Waals surface area contributed by atoms with Crippen LogP contribution in [0.4, 0.5) is 8.78 Å². The molecule has 1 N–H and O–H groups in total. The van der Waals surface area contributed by atoms with Crippen LogP contribution in [0.1, 0.15) is 25.0 Å². The number of aliphatic hydroxyl groups is 1. The lowest BCUT2D eigenvalue weighted by Gasteiger charge is -2.09. The van der Waals surface area contributed by atoms with Gasteiger partial charge in [-0.1, -0.05) is 30.8 Å². The summed E-state index contributed by atoms with van der Waals surface area (Å²) in [7, 11) is 0. The SMILES string of the molecule is CC[C@H](O)c1ccc(Sc2ccc(F)c(F)c2)cc1. The maximum atomic E-state index is 13.1. The quantitative estimate of drug-likeness (QED) is 0.886. The first-order valence-electron chi connectivity index (χ1n) is 6.01. The number of hydrogen-bond acceptors (Lipinski definition) is 2. The van der Waals surface area contributed by atoms with E-state index in [1.807, 2.05) is 31.2 Å². The van der Waals surface area contributed by atoms with Crippen molar-refractivity contribution < 1.29 is 13.9 Å². The van der Waals surface area contributed by atoms with Gasteiger partial charge in [0.05, 0.1) is 6.10 Å². The van der Waals surface area contributed by atoms with E-state index >= 15 is 0 Å². The summed E-state index contributed by atoms with van der Waals surface area (Å²) >= 11 is 1.35. The monoisotopic (exact) mass is 280 g/mol. The first kappa shape index (κ1) is 14.0. The van der Waals surface area contributed by atoms with Crippen LogP contribution < -0.4 is 0 Å². The van der Waals surface area contributed by atoms with Gasteiger partial charge in [-0.25, -0.2) is 8.78 Å². The Labute approximate surface area is 115 Å². The molecule has 0 amide bonds. The zero-order valence-corrected chi connectivity index (χ0v) is 11.3. The maximum Gasteiger partial charge on any atom is 0.159 e. The van der Waals surface area contributed by atoms with Crippen LogP contribution in [-0.4, -0.2) is 5.11 Å². The van der Waals surface area contributed by atoms with Crippen molar-refractivity contribution in [2.24, 2.45) is 0 Å². The molecule has 0 unspecified atom stereocenters. The fourth-order valence-electron chi connectivity index (χ4n) is 1.67. The van der Waals surface area contributed by atoms with Gasteiger partial charge in [0.15, 0.2) is 11.6 Å². The van der Waals surface area contributed by atoms with Gasteiger partial charge >= 0.3 is 0 Å². The van der Waals surface area contributed by atoms with E-state index in [0.717, 1.165) is 16.5 Å². The fourth-order valence-corrected chi connectivity index (χ4v) is 2.51. The van der Waals surface area contributed by atoms with Crippen LogP contribution in [0.3, 0.4) is 0 Å². The Morgan fingerprint density at radius 1 is 1.00 bits per heavy atom. The predicted octanol–water partition coefficient (Wildman–Crippen LogP) is 4.56. The first-order chi connectivity index (χ1) is 9.10. The Kier molecular flexibility index (Phi) is 4.56. The Hall–Kier alpha value is -1.39. The highest BCUT2D eigenvalue weighted by Gasteiger charge is 2.06. The van der Waals surface area contributed by atoms with Crippen molar-refractivity contribution in [2.75, 3.05) is 0 Å². The molecule has 4 heteroatoms. The number of benzene rings is 2. The van der Waals surface area contributed by atoms with Crippen molar-refractivity contribution in [3.63, 3.8) is 0 Å². The van der Waals surface area contributed by atoms with Crippen molar-refractivity contribution in [3.05, 3.63) is 59.7 Å². The molecule has 0 fully saturated rings. The van der Waals surface area contributed by atoms with E-state index in [0.29, 0.717) is 11.3 Å². The lowest BCUT2D eigenvalue weighted by Crippen LogP contribution is -1.94. The lowest BCUT2D eigenvalue weighted by molar-refractivity contribution is 0.173. The number of aliphatic hydroxyl groups excluding tert-OH is 1. The summed E-state index contributed by atoms with van der Waals surface area (Å²) in [6.45, 7) is 1.91. The van der Waals surface area contributed by atoms with Gasteiger partial charge in [0.2, 0.25) is 0 Å². The first-order valence-corrected chi connectivity index (χ1v) is 6.82. The van der Waals surface area contributed by atoms with Gasteiger partial charge in [0.25, 0.3) is 0 Å². The smallest absolute Gasteiger partial charge is 0.159 e. The van der Waals surface area contributed by atoms with Crippen LogP contribution in [0, 0.1) is 11.6 Å². The number of rotatable bonds is 4. The largest absolute Gasteiger partial charge is 0.388 e. The minimum atomic E-state index is -0.844. The van der Waals surface area contributed by atoms with E-state index in [1.165, 1.54) is 23.9 Å². The van der Waals surface area contributed by atoms with Crippen LogP contribution >= 0.6 is 11.8 Å². The standard InChI is InChI=1S/C15H14F2OS/c1-2-15(18)10-3-5-11(6-4-10)19-12-7-8-13(16)14(17)9-12/h3-9,15,18H,2H2,1H3/t15-/m0/s1. The average molecular weight is 280 g/mol. The normalized spacial score (nSPS) is 12.4. The third kappa shape index (κ3) is 3.55. The van der Waals surface area contributed by atoms with Crippen molar-refractivity contribution in [3.8, 4) is 0 Å². The van der Waals surface area contributed by atoms with Gasteiger partial charge < -0.3 is 5.11 Å². The molecule has 0 aromatic heterocycles. The number of halogens is 2. The molecule has 0 heterocycles. The van der Waals surface area contributed by atoms with Crippen molar-refractivity contribution in [1.82, 2.24) is 0 Å². The van der Waals surface area contributed by atoms with E-state index in [2.05, 4.69) is 0 Å². The zero-order valence-electron chi connectivity index (χ0n) is 10.4. The summed E-state index contributed by atoms with van der Waals surface area (Å²) in [6, 6.07) is 11.2. The highest BCUT2D eigenvalue weighted by atomic mass is 32.2. The summed E-state index contributed by atoms with van der Waals surface area (Å²) in [5, 5.41) is 9.68. The fraction of sp³-hybridized carbons (Fsp3) is 0.200. The van der Waals surface area contributed by atoms with Crippen LogP contribution in [0.2, 0.25) is 0 Å². The maximum absolute atomic E-state index is 13.1. The molecule has 2 aromatic rings. The highest BCUT2D eigenvalue weighted by Crippen LogP contribution is 2.29. The molecule has 0 saturated heterocycles. The molecule has 0 spiro atoms. The minimum absolute atomic E-state index is 0.456. The summed E-state index contributed by atoms with van der Waals surface area (Å²) in [6.07, 6.45) is 0.206. The Bertz CT molecular complexity index is 555. The molecule has 0 aliphatic heterocycles. The van der Waals surface area contributed by atoms with Crippen LogP contribution in [0.15, 0.2) is 52.3 Å². The van der Waals surface area contributed by atoms with Gasteiger partial charge in [0.1, 0.15) is 0 Å². The predicted molar refractivity (Wildman–Crippen MR) is 72.2 cm³/mol. The highest BCUT2D eigenvalue weighted by molar-refractivity contribution is 7.99. The van der Waals surface area contributed by atoms with Crippen molar-refractivity contribution in [2.45, 2.75) is 29.2 Å². The third-order valence-corrected chi connectivity index (χ3v) is 3.78. The summed E-state index contributed by atoms with van der Waals surface area (Å²) in [4.78, 5) is 1.56. The van der Waals surface area contributed by atoms with Gasteiger partial charge in [0, 0.05) is 9.79 Å². The molecule has 2 aromatic carbocycles. The van der Waals surface area contributed by atoms with Crippen LogP contribution in [0.5, 0.6) is 0 Å². The summed E-state index contributed by atoms with van der Waals surface area (Å²) in [5.41, 5.74) is 0.858. The lowest BCUT2D eigenvalue weighted by atomic mass is 10.1. The molecule has 1 nitrogen and oxygen atoms in total. The van der Waals surface area contributed by atoms with Gasteiger partial charge in [-0.15, -0.1) is 0 Å². The van der Waals surface area contributed by atoms with Crippen LogP contribution in [0.25, 0.3) is 0 Å². The molecular weight excluding hydrogens is 266 g/mol. The second-order valence-corrected chi connectivity index (χ2v) is 5.32. The third-order valence-electron chi connectivity index (χ3n) is 2.78. The summed E-state index contributed by atoms with van der Waals surface area (Å²) < 4.78 is 25.9. The molecule has 0 aliphatic carbocycles. The Morgan fingerprint density at radius 3 is 2.21 bits per heavy atom. The van der Waals surface area contributed by atoms with Crippen molar-refractivity contribution >= 4 is 11.8 Å². The van der Waals surface area contributed by atoms with Gasteiger partial charge in [-0.05, 0) is 42.3 Å². The molecule has 0 saturated carbocycles. The second-order valence-electron chi connectivity index (χ2n) is 4.17. The Morgan fingerprint density at radius 2 is 1.63 bits per heavy atom. The van der Waals surface area contributed by atoms with Gasteiger partial charge in [-0.3, -0.25) is 0 Å². The minimum Gasteiger partial charge on any atom is -0.388 e. The van der Waals surface area contributed by atoms with E-state index in [4.69, 9.17) is 0 Å². The molecule has 0 bridgehead atoms. The molecule has 0 radical (unpaired) electrons. The van der Waals surface area contributed by atoms with Gasteiger partial charge in [-0.2, -0.15) is 0 Å². The number of hydrogen-bond donors (Lipinski definition) is 1.